The number of aromatic nitrogens is 1. The molecule has 1 saturated heterocycles. The molecule has 1 aromatic heterocycles. The van der Waals surface area contributed by atoms with E-state index >= 15 is 0 Å². The standard InChI is InChI=1S/C14H19N3O3/c1-10(12-6-2-3-7-15-12)16-14(20)17-8-4-5-11(17)9-13(18)19/h2-3,6-7,10-11H,4-5,8-9H2,1H3,(H,16,20)(H,18,19). The first-order chi connectivity index (χ1) is 9.58. The molecule has 0 aliphatic carbocycles. The van der Waals surface area contributed by atoms with Crippen molar-refractivity contribution >= 4 is 12.0 Å². The minimum Gasteiger partial charge on any atom is -0.481 e. The number of urea groups is 1. The number of carbonyl (C=O) groups is 2. The maximum atomic E-state index is 12.2. The molecule has 0 radical (unpaired) electrons. The number of nitrogens with zero attached hydrogens (tertiary/aromatic N) is 2. The average molecular weight is 277 g/mol. The van der Waals surface area contributed by atoms with E-state index in [2.05, 4.69) is 10.3 Å². The summed E-state index contributed by atoms with van der Waals surface area (Å²) >= 11 is 0. The number of hydrogen-bond acceptors (Lipinski definition) is 3. The molecule has 1 aliphatic heterocycles. The number of hydrogen-bond donors (Lipinski definition) is 2. The number of pyridine rings is 1. The monoisotopic (exact) mass is 277 g/mol. The first kappa shape index (κ1) is 14.3. The number of carboxylic acids is 1. The average Bonchev–Trinajstić information content (AvgIpc) is 2.87. The van der Waals surface area contributed by atoms with Gasteiger partial charge in [-0.2, -0.15) is 0 Å². The van der Waals surface area contributed by atoms with Gasteiger partial charge in [0, 0.05) is 18.8 Å². The summed E-state index contributed by atoms with van der Waals surface area (Å²) in [5, 5.41) is 11.7. The summed E-state index contributed by atoms with van der Waals surface area (Å²) in [7, 11) is 0. The molecule has 108 valence electrons. The highest BCUT2D eigenvalue weighted by Gasteiger charge is 2.31. The molecule has 6 nitrogen and oxygen atoms in total. The fourth-order valence-corrected chi connectivity index (χ4v) is 2.49. The van der Waals surface area contributed by atoms with E-state index in [9.17, 15) is 9.59 Å². The molecule has 2 heterocycles. The molecule has 1 aliphatic rings. The van der Waals surface area contributed by atoms with Crippen LogP contribution in [-0.4, -0.2) is 39.6 Å². The van der Waals surface area contributed by atoms with E-state index in [4.69, 9.17) is 5.11 Å². The Morgan fingerprint density at radius 2 is 2.35 bits per heavy atom. The van der Waals surface area contributed by atoms with Gasteiger partial charge in [-0.05, 0) is 31.9 Å². The first-order valence-electron chi connectivity index (χ1n) is 6.78. The van der Waals surface area contributed by atoms with Gasteiger partial charge in [0.2, 0.25) is 0 Å². The molecule has 0 bridgehead atoms. The maximum absolute atomic E-state index is 12.2. The third kappa shape index (κ3) is 3.46. The Hall–Kier alpha value is -2.11. The SMILES string of the molecule is CC(NC(=O)N1CCCC1CC(=O)O)c1ccccn1. The molecule has 2 rings (SSSR count). The molecular formula is C14H19N3O3. The van der Waals surface area contributed by atoms with E-state index < -0.39 is 5.97 Å². The normalized spacial score (nSPS) is 19.6. The molecule has 2 amide bonds. The zero-order valence-electron chi connectivity index (χ0n) is 11.5. The lowest BCUT2D eigenvalue weighted by Gasteiger charge is -2.25. The molecule has 2 N–H and O–H groups in total. The fourth-order valence-electron chi connectivity index (χ4n) is 2.49. The van der Waals surface area contributed by atoms with E-state index in [-0.39, 0.29) is 24.5 Å². The van der Waals surface area contributed by atoms with Crippen LogP contribution in [0, 0.1) is 0 Å². The van der Waals surface area contributed by atoms with Crippen LogP contribution in [0.1, 0.15) is 37.9 Å². The van der Waals surface area contributed by atoms with Gasteiger partial charge >= 0.3 is 12.0 Å². The molecule has 6 heteroatoms. The lowest BCUT2D eigenvalue weighted by Crippen LogP contribution is -2.44. The second-order valence-corrected chi connectivity index (χ2v) is 5.01. The Labute approximate surface area is 117 Å². The number of rotatable bonds is 4. The van der Waals surface area contributed by atoms with Crippen LogP contribution in [0.25, 0.3) is 0 Å². The van der Waals surface area contributed by atoms with Crippen LogP contribution in [0.3, 0.4) is 0 Å². The smallest absolute Gasteiger partial charge is 0.318 e. The van der Waals surface area contributed by atoms with Gasteiger partial charge in [-0.3, -0.25) is 9.78 Å². The van der Waals surface area contributed by atoms with E-state index in [0.29, 0.717) is 6.54 Å². The molecule has 20 heavy (non-hydrogen) atoms. The lowest BCUT2D eigenvalue weighted by molar-refractivity contribution is -0.137. The number of nitrogens with one attached hydrogen (secondary N) is 1. The van der Waals surface area contributed by atoms with Crippen LogP contribution >= 0.6 is 0 Å². The van der Waals surface area contributed by atoms with Crippen LogP contribution in [0.15, 0.2) is 24.4 Å². The van der Waals surface area contributed by atoms with Crippen LogP contribution in [0.4, 0.5) is 4.79 Å². The summed E-state index contributed by atoms with van der Waals surface area (Å²) in [6.45, 7) is 2.47. The highest BCUT2D eigenvalue weighted by atomic mass is 16.4. The lowest BCUT2D eigenvalue weighted by atomic mass is 10.1. The van der Waals surface area contributed by atoms with Crippen LogP contribution in [-0.2, 0) is 4.79 Å². The number of likely N-dealkylation sites (tertiary alicyclic amines) is 1. The zero-order valence-corrected chi connectivity index (χ0v) is 11.5. The van der Waals surface area contributed by atoms with Crippen molar-refractivity contribution in [1.82, 2.24) is 15.2 Å². The predicted octanol–water partition coefficient (Wildman–Crippen LogP) is 1.79. The largest absolute Gasteiger partial charge is 0.481 e. The Bertz CT molecular complexity index is 478. The second kappa shape index (κ2) is 6.36. The third-order valence-electron chi connectivity index (χ3n) is 3.52. The van der Waals surface area contributed by atoms with Crippen molar-refractivity contribution in [3.63, 3.8) is 0 Å². The summed E-state index contributed by atoms with van der Waals surface area (Å²) in [5.41, 5.74) is 0.787. The van der Waals surface area contributed by atoms with Gasteiger partial charge in [0.15, 0.2) is 0 Å². The van der Waals surface area contributed by atoms with Crippen LogP contribution in [0.2, 0.25) is 0 Å². The van der Waals surface area contributed by atoms with Gasteiger partial charge in [0.25, 0.3) is 0 Å². The van der Waals surface area contributed by atoms with Crippen LogP contribution in [0.5, 0.6) is 0 Å². The van der Waals surface area contributed by atoms with E-state index in [0.717, 1.165) is 18.5 Å². The second-order valence-electron chi connectivity index (χ2n) is 5.01. The fraction of sp³-hybridized carbons (Fsp3) is 0.500. The molecule has 2 unspecified atom stereocenters. The molecular weight excluding hydrogens is 258 g/mol. The van der Waals surface area contributed by atoms with Crippen molar-refractivity contribution in [2.45, 2.75) is 38.3 Å². The number of aliphatic carboxylic acids is 1. The molecule has 1 aromatic rings. The van der Waals surface area contributed by atoms with Gasteiger partial charge in [-0.1, -0.05) is 6.07 Å². The summed E-state index contributed by atoms with van der Waals surface area (Å²) < 4.78 is 0. The maximum Gasteiger partial charge on any atom is 0.318 e. The van der Waals surface area contributed by atoms with E-state index in [1.165, 1.54) is 0 Å². The summed E-state index contributed by atoms with van der Waals surface area (Å²) in [4.78, 5) is 28.8. The molecule has 0 spiro atoms. The Balaban J connectivity index is 1.95. The van der Waals surface area contributed by atoms with Crippen LogP contribution < -0.4 is 5.32 Å². The Morgan fingerprint density at radius 3 is 3.00 bits per heavy atom. The minimum atomic E-state index is -0.868. The first-order valence-corrected chi connectivity index (χ1v) is 6.78. The zero-order chi connectivity index (χ0) is 14.5. The molecule has 2 atom stereocenters. The quantitative estimate of drug-likeness (QED) is 0.879. The van der Waals surface area contributed by atoms with Crippen molar-refractivity contribution in [2.75, 3.05) is 6.54 Å². The van der Waals surface area contributed by atoms with Gasteiger partial charge in [-0.25, -0.2) is 4.79 Å². The highest BCUT2D eigenvalue weighted by molar-refractivity contribution is 5.76. The number of carboxylic acid groups (broad SMARTS) is 1. The Morgan fingerprint density at radius 1 is 1.55 bits per heavy atom. The topological polar surface area (TPSA) is 82.5 Å². The Kier molecular flexibility index (Phi) is 4.55. The minimum absolute atomic E-state index is 0.00535. The third-order valence-corrected chi connectivity index (χ3v) is 3.52. The van der Waals surface area contributed by atoms with E-state index in [1.807, 2.05) is 25.1 Å². The highest BCUT2D eigenvalue weighted by Crippen LogP contribution is 2.21. The van der Waals surface area contributed by atoms with E-state index in [1.54, 1.807) is 11.1 Å². The molecule has 0 saturated carbocycles. The predicted molar refractivity (Wildman–Crippen MR) is 73.2 cm³/mol. The van der Waals surface area contributed by atoms with Crippen molar-refractivity contribution in [3.8, 4) is 0 Å². The van der Waals surface area contributed by atoms with Crippen molar-refractivity contribution < 1.29 is 14.7 Å². The van der Waals surface area contributed by atoms with Gasteiger partial charge in [0.1, 0.15) is 0 Å². The summed E-state index contributed by atoms with van der Waals surface area (Å²) in [6, 6.07) is 4.92. The van der Waals surface area contributed by atoms with Gasteiger partial charge in [-0.15, -0.1) is 0 Å². The molecule has 1 fully saturated rings. The van der Waals surface area contributed by atoms with Crippen molar-refractivity contribution in [3.05, 3.63) is 30.1 Å². The molecule has 0 aromatic carbocycles. The number of amides is 2. The van der Waals surface area contributed by atoms with Gasteiger partial charge < -0.3 is 15.3 Å². The van der Waals surface area contributed by atoms with Crippen molar-refractivity contribution in [2.24, 2.45) is 0 Å². The van der Waals surface area contributed by atoms with Crippen molar-refractivity contribution in [1.29, 1.82) is 0 Å². The summed E-state index contributed by atoms with van der Waals surface area (Å²) in [6.07, 6.45) is 3.29. The summed E-state index contributed by atoms with van der Waals surface area (Å²) in [5.74, 6) is -0.868. The van der Waals surface area contributed by atoms with Gasteiger partial charge in [0.05, 0.1) is 18.2 Å². The number of carbonyl (C=O) groups excluding carboxylic acids is 1.